The van der Waals surface area contributed by atoms with Gasteiger partial charge in [-0.3, -0.25) is 9.78 Å². The van der Waals surface area contributed by atoms with Crippen molar-refractivity contribution in [1.29, 1.82) is 0 Å². The van der Waals surface area contributed by atoms with Crippen LogP contribution in [0.1, 0.15) is 41.6 Å². The van der Waals surface area contributed by atoms with Crippen molar-refractivity contribution < 1.29 is 4.79 Å². The number of aryl methyl sites for hydroxylation is 3. The highest BCUT2D eigenvalue weighted by atomic mass is 16.1. The van der Waals surface area contributed by atoms with E-state index in [0.29, 0.717) is 19.5 Å². The number of aromatic nitrogens is 4. The molecule has 0 aromatic carbocycles. The SMILES string of the molecule is CCC(=O)NCc1cn(Cc2c(C)cc(C)nc2C)nn1. The molecule has 112 valence electrons. The van der Waals surface area contributed by atoms with Crippen LogP contribution < -0.4 is 5.32 Å². The molecule has 2 rings (SSSR count). The first-order chi connectivity index (χ1) is 9.99. The molecule has 0 radical (unpaired) electrons. The predicted octanol–water partition coefficient (Wildman–Crippen LogP) is 1.67. The number of carbonyl (C=O) groups is 1. The molecule has 0 saturated heterocycles. The van der Waals surface area contributed by atoms with E-state index in [-0.39, 0.29) is 5.91 Å². The van der Waals surface area contributed by atoms with E-state index in [4.69, 9.17) is 0 Å². The number of nitrogens with one attached hydrogen (secondary N) is 1. The zero-order chi connectivity index (χ0) is 15.4. The lowest BCUT2D eigenvalue weighted by atomic mass is 10.1. The quantitative estimate of drug-likeness (QED) is 0.908. The molecule has 0 aliphatic rings. The van der Waals surface area contributed by atoms with E-state index in [1.807, 2.05) is 27.0 Å². The first-order valence-corrected chi connectivity index (χ1v) is 7.09. The van der Waals surface area contributed by atoms with E-state index in [1.165, 1.54) is 5.56 Å². The highest BCUT2D eigenvalue weighted by Gasteiger charge is 2.08. The maximum Gasteiger partial charge on any atom is 0.220 e. The average molecular weight is 287 g/mol. The second-order valence-electron chi connectivity index (χ2n) is 5.18. The van der Waals surface area contributed by atoms with Gasteiger partial charge in [-0.15, -0.1) is 5.10 Å². The first-order valence-electron chi connectivity index (χ1n) is 7.09. The Balaban J connectivity index is 2.08. The number of hydrogen-bond acceptors (Lipinski definition) is 4. The van der Waals surface area contributed by atoms with Crippen molar-refractivity contribution in [3.63, 3.8) is 0 Å². The van der Waals surface area contributed by atoms with Crippen LogP contribution >= 0.6 is 0 Å². The van der Waals surface area contributed by atoms with Crippen LogP contribution in [0.25, 0.3) is 0 Å². The molecule has 2 heterocycles. The van der Waals surface area contributed by atoms with Gasteiger partial charge in [-0.1, -0.05) is 12.1 Å². The molecule has 0 bridgehead atoms. The van der Waals surface area contributed by atoms with E-state index >= 15 is 0 Å². The third-order valence-electron chi connectivity index (χ3n) is 3.38. The summed E-state index contributed by atoms with van der Waals surface area (Å²) in [6.07, 6.45) is 2.33. The van der Waals surface area contributed by atoms with Gasteiger partial charge < -0.3 is 5.32 Å². The lowest BCUT2D eigenvalue weighted by Crippen LogP contribution is -2.21. The van der Waals surface area contributed by atoms with Gasteiger partial charge in [0.25, 0.3) is 0 Å². The van der Waals surface area contributed by atoms with Gasteiger partial charge in [0.2, 0.25) is 5.91 Å². The molecule has 1 amide bonds. The first kappa shape index (κ1) is 15.2. The Morgan fingerprint density at radius 1 is 1.33 bits per heavy atom. The predicted molar refractivity (Wildman–Crippen MR) is 79.7 cm³/mol. The highest BCUT2D eigenvalue weighted by Crippen LogP contribution is 2.14. The van der Waals surface area contributed by atoms with E-state index in [1.54, 1.807) is 4.68 Å². The minimum Gasteiger partial charge on any atom is -0.350 e. The smallest absolute Gasteiger partial charge is 0.220 e. The summed E-state index contributed by atoms with van der Waals surface area (Å²) < 4.78 is 1.78. The Morgan fingerprint density at radius 2 is 2.10 bits per heavy atom. The van der Waals surface area contributed by atoms with Crippen molar-refractivity contribution in [2.24, 2.45) is 0 Å². The average Bonchev–Trinajstić information content (AvgIpc) is 2.88. The normalized spacial score (nSPS) is 10.7. The number of hydrogen-bond donors (Lipinski definition) is 1. The summed E-state index contributed by atoms with van der Waals surface area (Å²) in [5.74, 6) is 0.0129. The van der Waals surface area contributed by atoms with Crippen LogP contribution in [0, 0.1) is 20.8 Å². The van der Waals surface area contributed by atoms with Crippen molar-refractivity contribution in [2.75, 3.05) is 0 Å². The fraction of sp³-hybridized carbons (Fsp3) is 0.467. The molecule has 6 nitrogen and oxygen atoms in total. The van der Waals surface area contributed by atoms with Crippen LogP contribution in [0.2, 0.25) is 0 Å². The maximum absolute atomic E-state index is 11.2. The van der Waals surface area contributed by atoms with Crippen LogP contribution in [0.3, 0.4) is 0 Å². The molecular formula is C15H21N5O. The molecule has 0 atom stereocenters. The number of amides is 1. The van der Waals surface area contributed by atoms with E-state index in [9.17, 15) is 4.79 Å². The highest BCUT2D eigenvalue weighted by molar-refractivity contribution is 5.75. The molecule has 2 aromatic rings. The van der Waals surface area contributed by atoms with Crippen molar-refractivity contribution >= 4 is 5.91 Å². The minimum absolute atomic E-state index is 0.0129. The Labute approximate surface area is 124 Å². The van der Waals surface area contributed by atoms with Crippen LogP contribution in [0.4, 0.5) is 0 Å². The lowest BCUT2D eigenvalue weighted by Gasteiger charge is -2.09. The summed E-state index contributed by atoms with van der Waals surface area (Å²) in [5, 5.41) is 11.0. The van der Waals surface area contributed by atoms with Gasteiger partial charge in [0.15, 0.2) is 0 Å². The van der Waals surface area contributed by atoms with Gasteiger partial charge >= 0.3 is 0 Å². The molecule has 0 spiro atoms. The number of rotatable bonds is 5. The fourth-order valence-electron chi connectivity index (χ4n) is 2.26. The van der Waals surface area contributed by atoms with Gasteiger partial charge in [0.05, 0.1) is 19.3 Å². The summed E-state index contributed by atoms with van der Waals surface area (Å²) in [4.78, 5) is 15.7. The van der Waals surface area contributed by atoms with Crippen molar-refractivity contribution in [2.45, 2.75) is 47.2 Å². The molecule has 0 aliphatic carbocycles. The van der Waals surface area contributed by atoms with Gasteiger partial charge in [-0.05, 0) is 38.0 Å². The lowest BCUT2D eigenvalue weighted by molar-refractivity contribution is -0.120. The van der Waals surface area contributed by atoms with E-state index in [2.05, 4.69) is 33.6 Å². The van der Waals surface area contributed by atoms with E-state index in [0.717, 1.165) is 22.6 Å². The maximum atomic E-state index is 11.2. The monoisotopic (exact) mass is 287 g/mol. The van der Waals surface area contributed by atoms with Crippen LogP contribution in [-0.2, 0) is 17.9 Å². The zero-order valence-corrected chi connectivity index (χ0v) is 13.0. The minimum atomic E-state index is 0.0129. The Morgan fingerprint density at radius 3 is 2.76 bits per heavy atom. The van der Waals surface area contributed by atoms with Crippen molar-refractivity contribution in [3.05, 3.63) is 40.5 Å². The molecule has 21 heavy (non-hydrogen) atoms. The Kier molecular flexibility index (Phi) is 4.67. The fourth-order valence-corrected chi connectivity index (χ4v) is 2.26. The van der Waals surface area contributed by atoms with Gasteiger partial charge in [0, 0.05) is 17.8 Å². The second-order valence-corrected chi connectivity index (χ2v) is 5.18. The topological polar surface area (TPSA) is 72.7 Å². The Hall–Kier alpha value is -2.24. The summed E-state index contributed by atoms with van der Waals surface area (Å²) >= 11 is 0. The van der Waals surface area contributed by atoms with Crippen molar-refractivity contribution in [3.8, 4) is 0 Å². The standard InChI is InChI=1S/C15H21N5O/c1-5-15(21)16-7-13-8-20(19-18-13)9-14-10(2)6-11(3)17-12(14)4/h6,8H,5,7,9H2,1-4H3,(H,16,21). The Bertz CT molecular complexity index is 624. The molecule has 0 saturated carbocycles. The molecule has 2 aromatic heterocycles. The molecule has 0 aliphatic heterocycles. The summed E-state index contributed by atoms with van der Waals surface area (Å²) in [6.45, 7) is 8.96. The van der Waals surface area contributed by atoms with Gasteiger partial charge in [-0.25, -0.2) is 4.68 Å². The van der Waals surface area contributed by atoms with Crippen molar-refractivity contribution in [1.82, 2.24) is 25.3 Å². The summed E-state index contributed by atoms with van der Waals surface area (Å²) in [7, 11) is 0. The summed E-state index contributed by atoms with van der Waals surface area (Å²) in [6, 6.07) is 2.07. The molecule has 1 N–H and O–H groups in total. The molecule has 0 unspecified atom stereocenters. The summed E-state index contributed by atoms with van der Waals surface area (Å²) in [5.41, 5.74) is 5.16. The zero-order valence-electron chi connectivity index (χ0n) is 13.0. The van der Waals surface area contributed by atoms with Crippen LogP contribution in [0.5, 0.6) is 0 Å². The second kappa shape index (κ2) is 6.47. The number of pyridine rings is 1. The van der Waals surface area contributed by atoms with E-state index < -0.39 is 0 Å². The van der Waals surface area contributed by atoms with Gasteiger partial charge in [0.1, 0.15) is 5.69 Å². The number of carbonyl (C=O) groups excluding carboxylic acids is 1. The number of nitrogens with zero attached hydrogens (tertiary/aromatic N) is 4. The third-order valence-corrected chi connectivity index (χ3v) is 3.38. The molecule has 0 fully saturated rings. The van der Waals surface area contributed by atoms with Crippen LogP contribution in [-0.4, -0.2) is 25.9 Å². The third kappa shape index (κ3) is 3.87. The van der Waals surface area contributed by atoms with Crippen LogP contribution in [0.15, 0.2) is 12.3 Å². The molecular weight excluding hydrogens is 266 g/mol. The largest absolute Gasteiger partial charge is 0.350 e. The van der Waals surface area contributed by atoms with Gasteiger partial charge in [-0.2, -0.15) is 0 Å². The molecule has 6 heteroatoms.